The Labute approximate surface area is 127 Å². The lowest BCUT2D eigenvalue weighted by Crippen LogP contribution is -2.39. The molecule has 0 aromatic heterocycles. The molecule has 1 atom stereocenters. The Balaban J connectivity index is 0.00000400. The second-order valence-electron chi connectivity index (χ2n) is 4.12. The van der Waals surface area contributed by atoms with Gasteiger partial charge in [-0.3, -0.25) is 4.79 Å². The van der Waals surface area contributed by atoms with Crippen LogP contribution in [-0.2, 0) is 16.0 Å². The van der Waals surface area contributed by atoms with E-state index in [1.54, 1.807) is 24.3 Å². The molecule has 0 aliphatic carbocycles. The Bertz CT molecular complexity index is 437. The lowest BCUT2D eigenvalue weighted by Gasteiger charge is -2.16. The van der Waals surface area contributed by atoms with Crippen LogP contribution in [0.3, 0.4) is 0 Å². The molecule has 8 heteroatoms. The van der Waals surface area contributed by atoms with E-state index in [1.807, 2.05) is 0 Å². The molecule has 0 aliphatic rings. The number of carbonyl (C=O) groups is 1. The monoisotopic (exact) mass is 327 g/mol. The number of halogens is 4. The molecule has 0 aliphatic heterocycles. The molecule has 1 N–H and O–H groups in total. The van der Waals surface area contributed by atoms with Crippen molar-refractivity contribution < 1.29 is 27.4 Å². The second kappa shape index (κ2) is 8.74. The molecule has 0 fully saturated rings. The molecule has 120 valence electrons. The van der Waals surface area contributed by atoms with Gasteiger partial charge in [-0.05, 0) is 31.2 Å². The fourth-order valence-electron chi connectivity index (χ4n) is 1.55. The van der Waals surface area contributed by atoms with Gasteiger partial charge in [0.25, 0.3) is 0 Å². The van der Waals surface area contributed by atoms with Gasteiger partial charge < -0.3 is 14.8 Å². The fourth-order valence-corrected chi connectivity index (χ4v) is 1.55. The second-order valence-corrected chi connectivity index (χ2v) is 4.12. The van der Waals surface area contributed by atoms with E-state index in [0.717, 1.165) is 5.56 Å². The van der Waals surface area contributed by atoms with E-state index in [2.05, 4.69) is 10.1 Å². The largest absolute Gasteiger partial charge is 0.497 e. The molecule has 0 saturated heterocycles. The van der Waals surface area contributed by atoms with Gasteiger partial charge in [0.05, 0.1) is 7.11 Å². The number of carbonyl (C=O) groups excluding carboxylic acids is 1. The molecule has 0 spiro atoms. The predicted molar refractivity (Wildman–Crippen MR) is 73.8 cm³/mol. The van der Waals surface area contributed by atoms with Crippen LogP contribution in [0.15, 0.2) is 24.3 Å². The zero-order chi connectivity index (χ0) is 15.2. The van der Waals surface area contributed by atoms with Crippen LogP contribution >= 0.6 is 12.4 Å². The lowest BCUT2D eigenvalue weighted by molar-refractivity contribution is -0.187. The molecule has 21 heavy (non-hydrogen) atoms. The number of nitrogens with one attached hydrogen (secondary N) is 1. The molecule has 0 radical (unpaired) electrons. The van der Waals surface area contributed by atoms with E-state index in [0.29, 0.717) is 5.75 Å². The van der Waals surface area contributed by atoms with Gasteiger partial charge in [0.1, 0.15) is 11.8 Å². The summed E-state index contributed by atoms with van der Waals surface area (Å²) in [5, 5.41) is 2.64. The summed E-state index contributed by atoms with van der Waals surface area (Å²) in [6.45, 7) is -1.58. The standard InChI is InChI=1S/C13H16F3NO3.ClH/c1-17-11(12(18)20-8-13(14,15)16)7-9-3-5-10(19-2)6-4-9;/h3-6,11,17H,7-8H2,1-2H3;1H/t11-;/m0./s1. The average Bonchev–Trinajstić information content (AvgIpc) is 2.42. The first-order valence-electron chi connectivity index (χ1n) is 5.89. The molecule has 0 unspecified atom stereocenters. The highest BCUT2D eigenvalue weighted by Crippen LogP contribution is 2.16. The van der Waals surface area contributed by atoms with E-state index in [-0.39, 0.29) is 18.8 Å². The van der Waals surface area contributed by atoms with Crippen LogP contribution in [0.2, 0.25) is 0 Å². The minimum absolute atomic E-state index is 0. The number of alkyl halides is 3. The number of esters is 1. The first-order chi connectivity index (χ1) is 9.35. The third-order valence-electron chi connectivity index (χ3n) is 2.61. The van der Waals surface area contributed by atoms with Crippen LogP contribution < -0.4 is 10.1 Å². The van der Waals surface area contributed by atoms with Crippen molar-refractivity contribution in [3.63, 3.8) is 0 Å². The minimum atomic E-state index is -4.52. The highest BCUT2D eigenvalue weighted by Gasteiger charge is 2.31. The van der Waals surface area contributed by atoms with Gasteiger partial charge in [0, 0.05) is 0 Å². The summed E-state index contributed by atoms with van der Waals surface area (Å²) in [6.07, 6.45) is -4.29. The number of hydrogen-bond acceptors (Lipinski definition) is 4. The third kappa shape index (κ3) is 7.19. The van der Waals surface area contributed by atoms with Crippen molar-refractivity contribution in [1.29, 1.82) is 0 Å². The molecular weight excluding hydrogens is 311 g/mol. The van der Waals surface area contributed by atoms with Gasteiger partial charge in [-0.15, -0.1) is 12.4 Å². The molecule has 4 nitrogen and oxygen atoms in total. The van der Waals surface area contributed by atoms with Crippen molar-refractivity contribution in [2.75, 3.05) is 20.8 Å². The van der Waals surface area contributed by atoms with Crippen molar-refractivity contribution in [3.8, 4) is 5.75 Å². The molecule has 1 rings (SSSR count). The molecule has 1 aromatic carbocycles. The number of rotatable bonds is 6. The highest BCUT2D eigenvalue weighted by atomic mass is 35.5. The summed E-state index contributed by atoms with van der Waals surface area (Å²) < 4.78 is 45.2. The first-order valence-corrected chi connectivity index (χ1v) is 5.89. The maximum Gasteiger partial charge on any atom is 0.422 e. The summed E-state index contributed by atoms with van der Waals surface area (Å²) in [4.78, 5) is 11.5. The fraction of sp³-hybridized carbons (Fsp3) is 0.462. The SMILES string of the molecule is CN[C@@H](Cc1ccc(OC)cc1)C(=O)OCC(F)(F)F.Cl. The number of methoxy groups -OCH3 is 1. The first kappa shape index (κ1) is 19.5. The molecule has 0 amide bonds. The summed E-state index contributed by atoms with van der Waals surface area (Å²) in [5.41, 5.74) is 0.786. The van der Waals surface area contributed by atoms with Gasteiger partial charge in [-0.1, -0.05) is 12.1 Å². The highest BCUT2D eigenvalue weighted by molar-refractivity contribution is 5.85. The number of likely N-dealkylation sites (N-methyl/N-ethyl adjacent to an activating group) is 1. The summed E-state index contributed by atoms with van der Waals surface area (Å²) in [5.74, 6) is -0.268. The quantitative estimate of drug-likeness (QED) is 0.815. The number of ether oxygens (including phenoxy) is 2. The molecule has 0 saturated carbocycles. The van der Waals surface area contributed by atoms with Crippen molar-refractivity contribution in [2.24, 2.45) is 0 Å². The maximum absolute atomic E-state index is 12.0. The molecule has 1 aromatic rings. The summed E-state index contributed by atoms with van der Waals surface area (Å²) >= 11 is 0. The zero-order valence-electron chi connectivity index (χ0n) is 11.6. The van der Waals surface area contributed by atoms with Gasteiger partial charge in [-0.2, -0.15) is 13.2 Å². The van der Waals surface area contributed by atoms with Crippen LogP contribution in [0, 0.1) is 0 Å². The van der Waals surface area contributed by atoms with Crippen LogP contribution in [0.1, 0.15) is 5.56 Å². The van der Waals surface area contributed by atoms with E-state index < -0.39 is 24.8 Å². The number of hydrogen-bond donors (Lipinski definition) is 1. The molecule has 0 bridgehead atoms. The summed E-state index contributed by atoms with van der Waals surface area (Å²) in [6, 6.07) is 6.07. The normalized spacial score (nSPS) is 12.2. The van der Waals surface area contributed by atoms with Crippen LogP contribution in [0.4, 0.5) is 13.2 Å². The zero-order valence-corrected chi connectivity index (χ0v) is 12.4. The van der Waals surface area contributed by atoms with E-state index in [1.165, 1.54) is 14.2 Å². The Hall–Kier alpha value is -1.47. The predicted octanol–water partition coefficient (Wildman–Crippen LogP) is 2.35. The van der Waals surface area contributed by atoms with Crippen molar-refractivity contribution in [3.05, 3.63) is 29.8 Å². The van der Waals surface area contributed by atoms with Crippen molar-refractivity contribution in [2.45, 2.75) is 18.6 Å². The van der Waals surface area contributed by atoms with E-state index in [4.69, 9.17) is 4.74 Å². The van der Waals surface area contributed by atoms with Gasteiger partial charge in [0.2, 0.25) is 0 Å². The Morgan fingerprint density at radius 3 is 2.29 bits per heavy atom. The Kier molecular flexibility index (Phi) is 8.12. The Morgan fingerprint density at radius 2 is 1.86 bits per heavy atom. The smallest absolute Gasteiger partial charge is 0.422 e. The topological polar surface area (TPSA) is 47.6 Å². The summed E-state index contributed by atoms with van der Waals surface area (Å²) in [7, 11) is 3.02. The van der Waals surface area contributed by atoms with Crippen LogP contribution in [0.5, 0.6) is 5.75 Å². The molecular formula is C13H17ClF3NO3. The van der Waals surface area contributed by atoms with Crippen LogP contribution in [-0.4, -0.2) is 39.0 Å². The van der Waals surface area contributed by atoms with Gasteiger partial charge >= 0.3 is 12.1 Å². The Morgan fingerprint density at radius 1 is 1.29 bits per heavy atom. The third-order valence-corrected chi connectivity index (χ3v) is 2.61. The van der Waals surface area contributed by atoms with Gasteiger partial charge in [-0.25, -0.2) is 0 Å². The average molecular weight is 328 g/mol. The lowest BCUT2D eigenvalue weighted by atomic mass is 10.1. The maximum atomic E-state index is 12.0. The molecule has 0 heterocycles. The van der Waals surface area contributed by atoms with Crippen molar-refractivity contribution >= 4 is 18.4 Å². The van der Waals surface area contributed by atoms with E-state index in [9.17, 15) is 18.0 Å². The minimum Gasteiger partial charge on any atom is -0.497 e. The van der Waals surface area contributed by atoms with Crippen molar-refractivity contribution in [1.82, 2.24) is 5.32 Å². The van der Waals surface area contributed by atoms with Crippen LogP contribution in [0.25, 0.3) is 0 Å². The number of benzene rings is 1. The van der Waals surface area contributed by atoms with Gasteiger partial charge in [0.15, 0.2) is 6.61 Å². The van der Waals surface area contributed by atoms with E-state index >= 15 is 0 Å².